The lowest BCUT2D eigenvalue weighted by Gasteiger charge is -2.30. The van der Waals surface area contributed by atoms with Gasteiger partial charge in [-0.2, -0.15) is 9.40 Å². The summed E-state index contributed by atoms with van der Waals surface area (Å²) in [4.78, 5) is 11.8. The molecule has 1 aromatic carbocycles. The normalized spacial score (nSPS) is 16.4. The molecule has 1 aliphatic rings. The molecule has 0 spiro atoms. The number of hydrogen-bond donors (Lipinski definition) is 0. The Morgan fingerprint density at radius 2 is 1.93 bits per heavy atom. The van der Waals surface area contributed by atoms with Crippen LogP contribution in [0.15, 0.2) is 27.9 Å². The number of ether oxygens (including phenoxy) is 1. The Bertz CT molecular complexity index is 1030. The highest BCUT2D eigenvalue weighted by molar-refractivity contribution is 7.89. The van der Waals surface area contributed by atoms with E-state index in [9.17, 15) is 22.0 Å². The van der Waals surface area contributed by atoms with Gasteiger partial charge in [-0.15, -0.1) is 0 Å². The van der Waals surface area contributed by atoms with Gasteiger partial charge in [-0.05, 0) is 38.0 Å². The average Bonchev–Trinajstić information content (AvgIpc) is 3.03. The third-order valence-corrected chi connectivity index (χ3v) is 7.02. The largest absolute Gasteiger partial charge is 0.383 e. The molecule has 3 rings (SSSR count). The summed E-state index contributed by atoms with van der Waals surface area (Å²) in [5, 5.41) is 4.42. The molecule has 1 aromatic heterocycles. The first-order valence-electron chi connectivity index (χ1n) is 9.41. The molecule has 2 heterocycles. The van der Waals surface area contributed by atoms with Crippen LogP contribution in [-0.2, 0) is 27.8 Å². The van der Waals surface area contributed by atoms with E-state index in [1.165, 1.54) is 4.68 Å². The third kappa shape index (κ3) is 4.26. The Balaban J connectivity index is 1.79. The summed E-state index contributed by atoms with van der Waals surface area (Å²) in [6, 6.07) is 2.38. The molecule has 0 N–H and O–H groups in total. The van der Waals surface area contributed by atoms with Crippen molar-refractivity contribution in [2.45, 2.75) is 43.7 Å². The number of hydrogen-bond acceptors (Lipinski definition) is 5. The molecule has 0 aliphatic carbocycles. The van der Waals surface area contributed by atoms with E-state index in [2.05, 4.69) is 5.10 Å². The maximum Gasteiger partial charge on any atom is 0.345 e. The van der Waals surface area contributed by atoms with Crippen LogP contribution in [0, 0.1) is 11.6 Å². The molecule has 160 valence electrons. The van der Waals surface area contributed by atoms with Crippen molar-refractivity contribution in [1.29, 1.82) is 0 Å². The minimum atomic E-state index is -4.14. The molecule has 29 heavy (non-hydrogen) atoms. The average molecular weight is 430 g/mol. The summed E-state index contributed by atoms with van der Waals surface area (Å²) in [5.74, 6) is -1.28. The summed E-state index contributed by atoms with van der Waals surface area (Å²) in [6.45, 7) is 3.25. The van der Waals surface area contributed by atoms with E-state index in [0.29, 0.717) is 44.4 Å². The fourth-order valence-corrected chi connectivity index (χ4v) is 5.09. The number of halogens is 2. The van der Waals surface area contributed by atoms with Crippen LogP contribution in [0.5, 0.6) is 0 Å². The van der Waals surface area contributed by atoms with Crippen molar-refractivity contribution in [3.8, 4) is 0 Å². The van der Waals surface area contributed by atoms with E-state index in [1.54, 1.807) is 11.7 Å². The van der Waals surface area contributed by atoms with Crippen molar-refractivity contribution in [3.63, 3.8) is 0 Å². The molecule has 1 saturated heterocycles. The van der Waals surface area contributed by atoms with Crippen molar-refractivity contribution in [2.24, 2.45) is 0 Å². The first kappa shape index (κ1) is 21.6. The Morgan fingerprint density at radius 1 is 1.24 bits per heavy atom. The summed E-state index contributed by atoms with van der Waals surface area (Å²) in [5.41, 5.74) is -0.226. The van der Waals surface area contributed by atoms with Gasteiger partial charge in [0.25, 0.3) is 0 Å². The third-order valence-electron chi connectivity index (χ3n) is 5.11. The van der Waals surface area contributed by atoms with Gasteiger partial charge < -0.3 is 4.74 Å². The Hall–Kier alpha value is -2.11. The summed E-state index contributed by atoms with van der Waals surface area (Å²) in [6.07, 6.45) is 0.855. The van der Waals surface area contributed by atoms with Gasteiger partial charge in [0.2, 0.25) is 10.0 Å². The van der Waals surface area contributed by atoms with Gasteiger partial charge in [-0.1, -0.05) is 0 Å². The quantitative estimate of drug-likeness (QED) is 0.665. The van der Waals surface area contributed by atoms with Crippen LogP contribution in [-0.4, -0.2) is 53.9 Å². The highest BCUT2D eigenvalue weighted by atomic mass is 32.2. The second-order valence-electron chi connectivity index (χ2n) is 6.85. The molecule has 8 nitrogen and oxygen atoms in total. The maximum absolute atomic E-state index is 14.0. The number of methoxy groups -OCH3 is 1. The number of rotatable bonds is 7. The van der Waals surface area contributed by atoms with Gasteiger partial charge in [0.1, 0.15) is 22.4 Å². The number of aromatic nitrogens is 3. The van der Waals surface area contributed by atoms with Crippen LogP contribution < -0.4 is 5.69 Å². The molecule has 0 radical (unpaired) electrons. The standard InChI is InChI=1S/C18H24F2N4O4S/c1-3-23-17(21-24(18(23)25)10-11-28-2)13-6-8-22(9-7-13)29(26,27)16-12-14(19)4-5-15(16)20/h4-5,12-13H,3,6-11H2,1-2H3. The van der Waals surface area contributed by atoms with Crippen LogP contribution >= 0.6 is 0 Å². The molecule has 0 saturated carbocycles. The van der Waals surface area contributed by atoms with Crippen LogP contribution in [0.2, 0.25) is 0 Å². The fourth-order valence-electron chi connectivity index (χ4n) is 3.55. The van der Waals surface area contributed by atoms with Gasteiger partial charge in [0, 0.05) is 32.7 Å². The summed E-state index contributed by atoms with van der Waals surface area (Å²) < 4.78 is 62.0. The molecule has 0 unspecified atom stereocenters. The van der Waals surface area contributed by atoms with Crippen molar-refractivity contribution in [1.82, 2.24) is 18.7 Å². The van der Waals surface area contributed by atoms with Gasteiger partial charge in [0.15, 0.2) is 0 Å². The smallest absolute Gasteiger partial charge is 0.345 e. The second-order valence-corrected chi connectivity index (χ2v) is 8.76. The van der Waals surface area contributed by atoms with E-state index < -0.39 is 26.6 Å². The zero-order valence-corrected chi connectivity index (χ0v) is 17.2. The maximum atomic E-state index is 14.0. The Kier molecular flexibility index (Phi) is 6.49. The predicted molar refractivity (Wildman–Crippen MR) is 101 cm³/mol. The van der Waals surface area contributed by atoms with Crippen LogP contribution in [0.4, 0.5) is 8.78 Å². The van der Waals surface area contributed by atoms with Gasteiger partial charge in [-0.25, -0.2) is 26.7 Å². The first-order chi connectivity index (χ1) is 13.8. The molecule has 0 bridgehead atoms. The molecule has 2 aromatic rings. The first-order valence-corrected chi connectivity index (χ1v) is 10.8. The minimum absolute atomic E-state index is 0.102. The van der Waals surface area contributed by atoms with E-state index in [1.807, 2.05) is 6.92 Å². The van der Waals surface area contributed by atoms with Crippen molar-refractivity contribution in [3.05, 3.63) is 46.1 Å². The lowest BCUT2D eigenvalue weighted by molar-refractivity contribution is 0.182. The number of piperidine rings is 1. The molecule has 1 fully saturated rings. The molecular weight excluding hydrogens is 406 g/mol. The molecular formula is C18H24F2N4O4S. The summed E-state index contributed by atoms with van der Waals surface area (Å²) >= 11 is 0. The Morgan fingerprint density at radius 3 is 2.55 bits per heavy atom. The molecule has 0 atom stereocenters. The van der Waals surface area contributed by atoms with E-state index >= 15 is 0 Å². The van der Waals surface area contributed by atoms with Crippen molar-refractivity contribution < 1.29 is 21.9 Å². The van der Waals surface area contributed by atoms with Crippen LogP contribution in [0.3, 0.4) is 0 Å². The SMILES string of the molecule is CCn1c(C2CCN(S(=O)(=O)c3cc(F)ccc3F)CC2)nn(CCOC)c1=O. The van der Waals surface area contributed by atoms with E-state index in [0.717, 1.165) is 16.4 Å². The van der Waals surface area contributed by atoms with E-state index in [-0.39, 0.29) is 24.7 Å². The van der Waals surface area contributed by atoms with E-state index in [4.69, 9.17) is 4.74 Å². The van der Waals surface area contributed by atoms with Gasteiger partial charge in [-0.3, -0.25) is 4.57 Å². The minimum Gasteiger partial charge on any atom is -0.383 e. The highest BCUT2D eigenvalue weighted by Crippen LogP contribution is 2.30. The fraction of sp³-hybridized carbons (Fsp3) is 0.556. The molecule has 11 heteroatoms. The zero-order chi connectivity index (χ0) is 21.2. The van der Waals surface area contributed by atoms with Gasteiger partial charge >= 0.3 is 5.69 Å². The number of nitrogens with zero attached hydrogens (tertiary/aromatic N) is 4. The van der Waals surface area contributed by atoms with Gasteiger partial charge in [0.05, 0.1) is 13.2 Å². The summed E-state index contributed by atoms with van der Waals surface area (Å²) in [7, 11) is -2.60. The topological polar surface area (TPSA) is 86.4 Å². The molecule has 1 aliphatic heterocycles. The number of sulfonamides is 1. The second kappa shape index (κ2) is 8.72. The van der Waals surface area contributed by atoms with Crippen LogP contribution in [0.25, 0.3) is 0 Å². The predicted octanol–water partition coefficient (Wildman–Crippen LogP) is 1.56. The highest BCUT2D eigenvalue weighted by Gasteiger charge is 2.34. The molecule has 0 amide bonds. The van der Waals surface area contributed by atoms with Crippen molar-refractivity contribution in [2.75, 3.05) is 26.8 Å². The number of benzene rings is 1. The zero-order valence-electron chi connectivity index (χ0n) is 16.3. The lowest BCUT2D eigenvalue weighted by Crippen LogP contribution is -2.39. The van der Waals surface area contributed by atoms with Crippen molar-refractivity contribution >= 4 is 10.0 Å². The lowest BCUT2D eigenvalue weighted by atomic mass is 9.97. The van der Waals surface area contributed by atoms with Crippen LogP contribution in [0.1, 0.15) is 31.5 Å². The Labute approximate surface area is 167 Å². The monoisotopic (exact) mass is 430 g/mol.